The highest BCUT2D eigenvalue weighted by Crippen LogP contribution is 2.17. The molecule has 2 rings (SSSR count). The highest BCUT2D eigenvalue weighted by molar-refractivity contribution is 7.98. The molecular formula is C16H16O2S. The third-order valence-corrected chi connectivity index (χ3v) is 3.59. The molecule has 1 aromatic heterocycles. The molecule has 0 atom stereocenters. The van der Waals surface area contributed by atoms with Crippen LogP contribution in [-0.2, 0) is 0 Å². The van der Waals surface area contributed by atoms with E-state index in [1.54, 1.807) is 30.8 Å². The van der Waals surface area contributed by atoms with Gasteiger partial charge in [0, 0.05) is 4.90 Å². The van der Waals surface area contributed by atoms with Crippen LogP contribution in [-0.4, -0.2) is 12.0 Å². The Morgan fingerprint density at radius 1 is 1.21 bits per heavy atom. The minimum atomic E-state index is -0.0247. The predicted molar refractivity (Wildman–Crippen MR) is 79.8 cm³/mol. The molecule has 0 unspecified atom stereocenters. The molecule has 3 heteroatoms. The van der Waals surface area contributed by atoms with E-state index in [2.05, 4.69) is 0 Å². The normalized spacial score (nSPS) is 11.1. The van der Waals surface area contributed by atoms with Gasteiger partial charge < -0.3 is 4.42 Å². The third-order valence-electron chi connectivity index (χ3n) is 2.85. The van der Waals surface area contributed by atoms with Crippen molar-refractivity contribution in [2.24, 2.45) is 0 Å². The van der Waals surface area contributed by atoms with Gasteiger partial charge in [-0.1, -0.05) is 18.2 Å². The fourth-order valence-corrected chi connectivity index (χ4v) is 2.26. The van der Waals surface area contributed by atoms with Crippen molar-refractivity contribution in [1.29, 1.82) is 0 Å². The number of allylic oxidation sites excluding steroid dienone is 1. The highest BCUT2D eigenvalue weighted by atomic mass is 32.2. The summed E-state index contributed by atoms with van der Waals surface area (Å²) in [5.74, 6) is 1.41. The van der Waals surface area contributed by atoms with Crippen LogP contribution >= 0.6 is 11.8 Å². The van der Waals surface area contributed by atoms with Crippen molar-refractivity contribution in [3.05, 3.63) is 59.1 Å². The zero-order valence-electron chi connectivity index (χ0n) is 11.3. The van der Waals surface area contributed by atoms with Crippen LogP contribution in [0.4, 0.5) is 0 Å². The lowest BCUT2D eigenvalue weighted by atomic mass is 10.1. The molecule has 0 saturated carbocycles. The lowest BCUT2D eigenvalue weighted by molar-refractivity contribution is 0.104. The Labute approximate surface area is 117 Å². The highest BCUT2D eigenvalue weighted by Gasteiger charge is 2.10. The van der Waals surface area contributed by atoms with Gasteiger partial charge in [0.1, 0.15) is 11.5 Å². The molecule has 0 fully saturated rings. The van der Waals surface area contributed by atoms with E-state index in [4.69, 9.17) is 4.42 Å². The number of rotatable bonds is 4. The maximum Gasteiger partial charge on any atom is 0.189 e. The molecule has 98 valence electrons. The van der Waals surface area contributed by atoms with Crippen LogP contribution in [0.5, 0.6) is 0 Å². The SMILES string of the molecule is CSc1ccc(/C=C/C(=O)c2cc(C)oc2C)cc1. The lowest BCUT2D eigenvalue weighted by Crippen LogP contribution is -1.93. The summed E-state index contributed by atoms with van der Waals surface area (Å²) in [7, 11) is 0. The summed E-state index contributed by atoms with van der Waals surface area (Å²) in [4.78, 5) is 13.2. The smallest absolute Gasteiger partial charge is 0.189 e. The van der Waals surface area contributed by atoms with Crippen LogP contribution in [0.3, 0.4) is 0 Å². The zero-order chi connectivity index (χ0) is 13.8. The van der Waals surface area contributed by atoms with Gasteiger partial charge in [0.05, 0.1) is 5.56 Å². The Hall–Kier alpha value is -1.74. The van der Waals surface area contributed by atoms with Gasteiger partial charge in [-0.05, 0) is 49.9 Å². The van der Waals surface area contributed by atoms with Crippen LogP contribution < -0.4 is 0 Å². The molecule has 0 amide bonds. The molecule has 0 aliphatic heterocycles. The first-order chi connectivity index (χ1) is 9.10. The number of carbonyl (C=O) groups excluding carboxylic acids is 1. The van der Waals surface area contributed by atoms with Gasteiger partial charge in [-0.15, -0.1) is 11.8 Å². The lowest BCUT2D eigenvalue weighted by Gasteiger charge is -1.97. The van der Waals surface area contributed by atoms with Crippen molar-refractivity contribution in [3.63, 3.8) is 0 Å². The molecule has 0 aliphatic carbocycles. The standard InChI is InChI=1S/C16H16O2S/c1-11-10-15(12(2)18-11)16(17)9-6-13-4-7-14(19-3)8-5-13/h4-10H,1-3H3/b9-6+. The van der Waals surface area contributed by atoms with E-state index < -0.39 is 0 Å². The summed E-state index contributed by atoms with van der Waals surface area (Å²) in [5.41, 5.74) is 1.65. The van der Waals surface area contributed by atoms with Gasteiger partial charge in [0.25, 0.3) is 0 Å². The number of thioether (sulfide) groups is 1. The second-order valence-corrected chi connectivity index (χ2v) is 5.18. The number of hydrogen-bond donors (Lipinski definition) is 0. The van der Waals surface area contributed by atoms with Crippen molar-refractivity contribution in [2.45, 2.75) is 18.7 Å². The second-order valence-electron chi connectivity index (χ2n) is 4.30. The van der Waals surface area contributed by atoms with Gasteiger partial charge in [-0.2, -0.15) is 0 Å². The Morgan fingerprint density at radius 2 is 1.89 bits per heavy atom. The molecule has 1 aromatic carbocycles. The molecule has 0 aliphatic rings. The minimum Gasteiger partial charge on any atom is -0.466 e. The number of ketones is 1. The van der Waals surface area contributed by atoms with Crippen molar-refractivity contribution in [1.82, 2.24) is 0 Å². The van der Waals surface area contributed by atoms with Gasteiger partial charge in [0.2, 0.25) is 0 Å². The van der Waals surface area contributed by atoms with E-state index in [1.807, 2.05) is 43.5 Å². The Morgan fingerprint density at radius 3 is 2.42 bits per heavy atom. The Balaban J connectivity index is 2.13. The van der Waals surface area contributed by atoms with Gasteiger partial charge in [-0.25, -0.2) is 0 Å². The number of benzene rings is 1. The van der Waals surface area contributed by atoms with E-state index in [1.165, 1.54) is 4.90 Å². The van der Waals surface area contributed by atoms with Crippen LogP contribution in [0.2, 0.25) is 0 Å². The van der Waals surface area contributed by atoms with E-state index >= 15 is 0 Å². The van der Waals surface area contributed by atoms with Crippen molar-refractivity contribution in [2.75, 3.05) is 6.26 Å². The van der Waals surface area contributed by atoms with Crippen LogP contribution in [0.1, 0.15) is 27.4 Å². The molecule has 19 heavy (non-hydrogen) atoms. The van der Waals surface area contributed by atoms with Crippen molar-refractivity contribution < 1.29 is 9.21 Å². The molecule has 0 spiro atoms. The van der Waals surface area contributed by atoms with Crippen LogP contribution in [0.15, 0.2) is 45.7 Å². The minimum absolute atomic E-state index is 0.0247. The van der Waals surface area contributed by atoms with Gasteiger partial charge in [0.15, 0.2) is 5.78 Å². The van der Waals surface area contributed by atoms with Gasteiger partial charge in [-0.3, -0.25) is 4.79 Å². The molecular weight excluding hydrogens is 256 g/mol. The largest absolute Gasteiger partial charge is 0.466 e. The second kappa shape index (κ2) is 5.93. The summed E-state index contributed by atoms with van der Waals surface area (Å²) in [5, 5.41) is 0. The maximum atomic E-state index is 12.0. The molecule has 2 aromatic rings. The summed E-state index contributed by atoms with van der Waals surface area (Å²) >= 11 is 1.70. The predicted octanol–water partition coefficient (Wildman–Crippen LogP) is 4.51. The summed E-state index contributed by atoms with van der Waals surface area (Å²) in [6, 6.07) is 9.87. The van der Waals surface area contributed by atoms with E-state index in [-0.39, 0.29) is 5.78 Å². The first-order valence-corrected chi connectivity index (χ1v) is 7.26. The number of carbonyl (C=O) groups is 1. The summed E-state index contributed by atoms with van der Waals surface area (Å²) in [6.07, 6.45) is 5.46. The fourth-order valence-electron chi connectivity index (χ4n) is 1.85. The Bertz CT molecular complexity index is 606. The number of furan rings is 1. The number of hydrogen-bond acceptors (Lipinski definition) is 3. The topological polar surface area (TPSA) is 30.2 Å². The monoisotopic (exact) mass is 272 g/mol. The van der Waals surface area contributed by atoms with E-state index in [0.717, 1.165) is 11.3 Å². The van der Waals surface area contributed by atoms with Gasteiger partial charge >= 0.3 is 0 Å². The zero-order valence-corrected chi connectivity index (χ0v) is 12.1. The quantitative estimate of drug-likeness (QED) is 0.466. The molecule has 1 heterocycles. The van der Waals surface area contributed by atoms with Crippen LogP contribution in [0, 0.1) is 13.8 Å². The third kappa shape index (κ3) is 3.38. The fraction of sp³-hybridized carbons (Fsp3) is 0.188. The molecule has 0 bridgehead atoms. The van der Waals surface area contributed by atoms with Crippen molar-refractivity contribution >= 4 is 23.6 Å². The summed E-state index contributed by atoms with van der Waals surface area (Å²) in [6.45, 7) is 3.65. The average molecular weight is 272 g/mol. The number of aryl methyl sites for hydroxylation is 2. The van der Waals surface area contributed by atoms with Crippen molar-refractivity contribution in [3.8, 4) is 0 Å². The first kappa shape index (κ1) is 13.7. The molecule has 0 saturated heterocycles. The van der Waals surface area contributed by atoms with E-state index in [9.17, 15) is 4.79 Å². The molecule has 0 N–H and O–H groups in total. The van der Waals surface area contributed by atoms with Crippen LogP contribution in [0.25, 0.3) is 6.08 Å². The first-order valence-electron chi connectivity index (χ1n) is 6.03. The Kier molecular flexibility index (Phi) is 4.27. The average Bonchev–Trinajstić information content (AvgIpc) is 2.75. The summed E-state index contributed by atoms with van der Waals surface area (Å²) < 4.78 is 5.36. The maximum absolute atomic E-state index is 12.0. The molecule has 2 nitrogen and oxygen atoms in total. The molecule has 0 radical (unpaired) electrons. The van der Waals surface area contributed by atoms with E-state index in [0.29, 0.717) is 11.3 Å².